The van der Waals surface area contributed by atoms with E-state index in [-0.39, 0.29) is 24.1 Å². The van der Waals surface area contributed by atoms with Crippen LogP contribution in [0, 0.1) is 11.3 Å². The van der Waals surface area contributed by atoms with E-state index in [0.29, 0.717) is 12.2 Å². The molecule has 3 heterocycles. The minimum absolute atomic E-state index is 0.0237. The molecule has 0 saturated carbocycles. The quantitative estimate of drug-likeness (QED) is 0.500. The largest absolute Gasteiger partial charge is 0.448 e. The van der Waals surface area contributed by atoms with Crippen molar-refractivity contribution in [3.63, 3.8) is 0 Å². The van der Waals surface area contributed by atoms with Crippen molar-refractivity contribution in [3.05, 3.63) is 95.3 Å². The van der Waals surface area contributed by atoms with Crippen LogP contribution in [0.3, 0.4) is 0 Å². The van der Waals surface area contributed by atoms with Gasteiger partial charge in [-0.3, -0.25) is 9.88 Å². The molecular weight excluding hydrogens is 422 g/mol. The number of hydrogen-bond donors (Lipinski definition) is 0. The number of rotatable bonds is 3. The van der Waals surface area contributed by atoms with E-state index in [0.717, 1.165) is 37.0 Å². The van der Waals surface area contributed by atoms with Gasteiger partial charge in [-0.25, -0.2) is 4.79 Å². The minimum atomic E-state index is -0.223. The standard InChI is InChI=1S/C29H25N3O2/c30-16-19-12-13-28(31-17-19)20-14-21-6-5-7-22(15-20)32(21)29(33)34-18-27-25-10-3-1-8-23(25)24-9-2-4-11-26(24)27/h1-4,8-14,17,21-22,27H,5-7,15,18H2. The van der Waals surface area contributed by atoms with Gasteiger partial charge in [-0.1, -0.05) is 54.6 Å². The second kappa shape index (κ2) is 8.46. The molecule has 2 atom stereocenters. The number of carbonyl (C=O) groups excluding carboxylic acids is 1. The van der Waals surface area contributed by atoms with Crippen LogP contribution in [0.5, 0.6) is 0 Å². The highest BCUT2D eigenvalue weighted by molar-refractivity contribution is 5.79. The maximum atomic E-state index is 13.3. The van der Waals surface area contributed by atoms with Crippen LogP contribution in [0.4, 0.5) is 4.79 Å². The molecule has 1 saturated heterocycles. The molecule has 5 nitrogen and oxygen atoms in total. The summed E-state index contributed by atoms with van der Waals surface area (Å²) in [4.78, 5) is 19.8. The zero-order valence-electron chi connectivity index (χ0n) is 18.9. The van der Waals surface area contributed by atoms with Gasteiger partial charge in [-0.15, -0.1) is 0 Å². The number of nitriles is 1. The summed E-state index contributed by atoms with van der Waals surface area (Å²) in [5, 5.41) is 9.04. The topological polar surface area (TPSA) is 66.2 Å². The summed E-state index contributed by atoms with van der Waals surface area (Å²) in [5.74, 6) is 0.0648. The molecule has 1 amide bonds. The first-order valence-electron chi connectivity index (χ1n) is 11.9. The number of amides is 1. The van der Waals surface area contributed by atoms with Gasteiger partial charge in [0.2, 0.25) is 0 Å². The van der Waals surface area contributed by atoms with Gasteiger partial charge in [0.1, 0.15) is 12.7 Å². The average Bonchev–Trinajstić information content (AvgIpc) is 3.20. The Bertz CT molecular complexity index is 1280. The Morgan fingerprint density at radius 1 is 1.03 bits per heavy atom. The normalized spacial score (nSPS) is 20.7. The Hall–Kier alpha value is -3.91. The molecule has 0 N–H and O–H groups in total. The third kappa shape index (κ3) is 3.47. The van der Waals surface area contributed by atoms with Crippen molar-refractivity contribution >= 4 is 11.7 Å². The van der Waals surface area contributed by atoms with Gasteiger partial charge < -0.3 is 4.74 Å². The molecule has 1 aliphatic carbocycles. The van der Waals surface area contributed by atoms with Crippen LogP contribution in [0.1, 0.15) is 54.0 Å². The first-order valence-corrected chi connectivity index (χ1v) is 11.9. The smallest absolute Gasteiger partial charge is 0.410 e. The second-order valence-electron chi connectivity index (χ2n) is 9.30. The Morgan fingerprint density at radius 2 is 1.76 bits per heavy atom. The van der Waals surface area contributed by atoms with E-state index < -0.39 is 0 Å². The van der Waals surface area contributed by atoms with E-state index in [2.05, 4.69) is 65.7 Å². The van der Waals surface area contributed by atoms with Gasteiger partial charge in [-0.2, -0.15) is 5.26 Å². The van der Waals surface area contributed by atoms with Crippen LogP contribution in [-0.2, 0) is 4.74 Å². The van der Waals surface area contributed by atoms with Crippen LogP contribution < -0.4 is 0 Å². The third-order valence-electron chi connectivity index (χ3n) is 7.41. The van der Waals surface area contributed by atoms with Crippen molar-refractivity contribution in [1.29, 1.82) is 5.26 Å². The molecular formula is C29H25N3O2. The fraction of sp³-hybridized carbons (Fsp3) is 0.276. The Kier molecular flexibility index (Phi) is 5.15. The van der Waals surface area contributed by atoms with Gasteiger partial charge in [-0.05, 0) is 65.6 Å². The molecule has 2 aliphatic heterocycles. The highest BCUT2D eigenvalue weighted by Crippen LogP contribution is 2.45. The zero-order chi connectivity index (χ0) is 23.1. The second-order valence-corrected chi connectivity index (χ2v) is 9.30. The molecule has 3 aromatic rings. The molecule has 6 rings (SSSR count). The van der Waals surface area contributed by atoms with Crippen molar-refractivity contribution in [1.82, 2.24) is 9.88 Å². The number of fused-ring (bicyclic) bond motifs is 5. The summed E-state index contributed by atoms with van der Waals surface area (Å²) in [6.07, 6.45) is 7.33. The van der Waals surface area contributed by atoms with Gasteiger partial charge in [0.05, 0.1) is 17.3 Å². The molecule has 2 aromatic carbocycles. The van der Waals surface area contributed by atoms with Crippen molar-refractivity contribution in [2.24, 2.45) is 0 Å². The van der Waals surface area contributed by atoms with Crippen molar-refractivity contribution in [2.45, 2.75) is 43.7 Å². The van der Waals surface area contributed by atoms with Crippen molar-refractivity contribution < 1.29 is 9.53 Å². The van der Waals surface area contributed by atoms with Crippen LogP contribution in [0.25, 0.3) is 16.7 Å². The summed E-state index contributed by atoms with van der Waals surface area (Å²) >= 11 is 0. The predicted molar refractivity (Wildman–Crippen MR) is 130 cm³/mol. The van der Waals surface area contributed by atoms with Crippen LogP contribution in [0.2, 0.25) is 0 Å². The number of carbonyl (C=O) groups is 1. The number of aromatic nitrogens is 1. The minimum Gasteiger partial charge on any atom is -0.448 e. The van der Waals surface area contributed by atoms with Gasteiger partial charge in [0.25, 0.3) is 0 Å². The summed E-state index contributed by atoms with van der Waals surface area (Å²) in [6.45, 7) is 0.344. The van der Waals surface area contributed by atoms with E-state index in [9.17, 15) is 4.79 Å². The van der Waals surface area contributed by atoms with E-state index in [1.165, 1.54) is 22.3 Å². The van der Waals surface area contributed by atoms with Crippen LogP contribution in [-0.4, -0.2) is 34.7 Å². The van der Waals surface area contributed by atoms with Gasteiger partial charge in [0, 0.05) is 18.2 Å². The molecule has 34 heavy (non-hydrogen) atoms. The van der Waals surface area contributed by atoms with E-state index in [4.69, 9.17) is 10.00 Å². The first-order chi connectivity index (χ1) is 16.7. The fourth-order valence-corrected chi connectivity index (χ4v) is 5.82. The lowest BCUT2D eigenvalue weighted by atomic mass is 9.84. The molecule has 2 bridgehead atoms. The third-order valence-corrected chi connectivity index (χ3v) is 7.41. The fourth-order valence-electron chi connectivity index (χ4n) is 5.82. The number of pyridine rings is 1. The molecule has 5 heteroatoms. The summed E-state index contributed by atoms with van der Waals surface area (Å²) in [7, 11) is 0. The van der Waals surface area contributed by atoms with E-state index in [1.54, 1.807) is 12.3 Å². The summed E-state index contributed by atoms with van der Waals surface area (Å²) < 4.78 is 5.99. The molecule has 1 fully saturated rings. The Balaban J connectivity index is 1.21. The Labute approximate surface area is 199 Å². The van der Waals surface area contributed by atoms with Crippen molar-refractivity contribution in [3.8, 4) is 17.2 Å². The monoisotopic (exact) mass is 447 g/mol. The number of hydrogen-bond acceptors (Lipinski definition) is 4. The maximum absolute atomic E-state index is 13.3. The molecule has 0 spiro atoms. The molecule has 168 valence electrons. The molecule has 2 unspecified atom stereocenters. The van der Waals surface area contributed by atoms with E-state index >= 15 is 0 Å². The highest BCUT2D eigenvalue weighted by Gasteiger charge is 2.39. The summed E-state index contributed by atoms with van der Waals surface area (Å²) in [5.41, 5.74) is 7.52. The number of ether oxygens (including phenoxy) is 1. The lowest BCUT2D eigenvalue weighted by molar-refractivity contribution is 0.0538. The van der Waals surface area contributed by atoms with Gasteiger partial charge >= 0.3 is 6.09 Å². The zero-order valence-corrected chi connectivity index (χ0v) is 18.9. The van der Waals surface area contributed by atoms with Gasteiger partial charge in [0.15, 0.2) is 0 Å². The molecule has 3 aliphatic rings. The number of nitrogens with zero attached hydrogens (tertiary/aromatic N) is 3. The first kappa shape index (κ1) is 20.7. The lowest BCUT2D eigenvalue weighted by Gasteiger charge is -2.44. The Morgan fingerprint density at radius 3 is 2.41 bits per heavy atom. The summed E-state index contributed by atoms with van der Waals surface area (Å²) in [6, 6.07) is 22.8. The van der Waals surface area contributed by atoms with Crippen LogP contribution in [0.15, 0.2) is 72.9 Å². The molecule has 0 radical (unpaired) electrons. The van der Waals surface area contributed by atoms with Crippen LogP contribution >= 0.6 is 0 Å². The average molecular weight is 448 g/mol. The number of benzene rings is 2. The highest BCUT2D eigenvalue weighted by atomic mass is 16.6. The number of piperidine rings is 1. The van der Waals surface area contributed by atoms with Crippen molar-refractivity contribution in [2.75, 3.05) is 6.61 Å². The SMILES string of the molecule is N#Cc1ccc(C2=CC3CCCC(C2)N3C(=O)OCC2c3ccccc3-c3ccccc32)nc1. The molecule has 1 aromatic heterocycles. The lowest BCUT2D eigenvalue weighted by Crippen LogP contribution is -2.52. The predicted octanol–water partition coefficient (Wildman–Crippen LogP) is 5.91. The van der Waals surface area contributed by atoms with E-state index in [1.807, 2.05) is 11.0 Å². The maximum Gasteiger partial charge on any atom is 0.410 e.